The zero-order chi connectivity index (χ0) is 14.8. The van der Waals surface area contributed by atoms with Gasteiger partial charge in [-0.15, -0.1) is 0 Å². The van der Waals surface area contributed by atoms with E-state index in [1.54, 1.807) is 0 Å². The van der Waals surface area contributed by atoms with Crippen LogP contribution >= 0.6 is 0 Å². The first kappa shape index (κ1) is 12.8. The molecular weight excluding hydrogens is 264 g/mol. The highest BCUT2D eigenvalue weighted by atomic mass is 14.1. The molecule has 22 heavy (non-hydrogen) atoms. The first-order valence-corrected chi connectivity index (χ1v) is 7.55. The van der Waals surface area contributed by atoms with Crippen LogP contribution in [0.5, 0.6) is 0 Å². The van der Waals surface area contributed by atoms with Crippen LogP contribution in [0.2, 0.25) is 0 Å². The van der Waals surface area contributed by atoms with Gasteiger partial charge in [0.25, 0.3) is 0 Å². The van der Waals surface area contributed by atoms with Crippen molar-refractivity contribution in [2.24, 2.45) is 0 Å². The van der Waals surface area contributed by atoms with E-state index in [0.29, 0.717) is 0 Å². The molecule has 0 atom stereocenters. The Bertz CT molecular complexity index is 867. The third-order valence-electron chi connectivity index (χ3n) is 4.03. The Morgan fingerprint density at radius 1 is 0.455 bits per heavy atom. The SMILES string of the molecule is C1=c2ccccc2=CC1=C(c1ccccc1)c1ccccc1. The van der Waals surface area contributed by atoms with Gasteiger partial charge < -0.3 is 0 Å². The van der Waals surface area contributed by atoms with Crippen LogP contribution in [0.4, 0.5) is 0 Å². The summed E-state index contributed by atoms with van der Waals surface area (Å²) in [5.74, 6) is 0. The monoisotopic (exact) mass is 280 g/mol. The van der Waals surface area contributed by atoms with Crippen LogP contribution in [0.1, 0.15) is 11.1 Å². The molecule has 0 unspecified atom stereocenters. The maximum atomic E-state index is 2.28. The van der Waals surface area contributed by atoms with Gasteiger partial charge in [0.2, 0.25) is 0 Å². The van der Waals surface area contributed by atoms with Crippen LogP contribution in [0.25, 0.3) is 17.7 Å². The second-order valence-electron chi connectivity index (χ2n) is 5.48. The van der Waals surface area contributed by atoms with Gasteiger partial charge in [-0.3, -0.25) is 0 Å². The molecule has 1 aliphatic rings. The summed E-state index contributed by atoms with van der Waals surface area (Å²) in [7, 11) is 0. The quantitative estimate of drug-likeness (QED) is 0.670. The fourth-order valence-corrected chi connectivity index (χ4v) is 3.00. The van der Waals surface area contributed by atoms with E-state index in [1.807, 2.05) is 0 Å². The Morgan fingerprint density at radius 2 is 0.864 bits per heavy atom. The van der Waals surface area contributed by atoms with Crippen LogP contribution in [-0.4, -0.2) is 0 Å². The zero-order valence-electron chi connectivity index (χ0n) is 12.2. The van der Waals surface area contributed by atoms with Crippen molar-refractivity contribution in [1.82, 2.24) is 0 Å². The molecule has 0 bridgehead atoms. The molecular formula is C22H16. The maximum Gasteiger partial charge on any atom is -0.00384 e. The van der Waals surface area contributed by atoms with Gasteiger partial charge in [-0.25, -0.2) is 0 Å². The summed E-state index contributed by atoms with van der Waals surface area (Å²) in [4.78, 5) is 0. The standard InChI is InChI=1S/C22H16/c1-3-9-17(10-4-1)22(18-11-5-2-6-12-18)21-15-19-13-7-8-14-20(19)16-21/h1-16H. The highest BCUT2D eigenvalue weighted by molar-refractivity contribution is 5.94. The second-order valence-corrected chi connectivity index (χ2v) is 5.48. The molecule has 0 aromatic heterocycles. The molecule has 0 nitrogen and oxygen atoms in total. The average Bonchev–Trinajstić information content (AvgIpc) is 3.00. The molecule has 0 fully saturated rings. The molecule has 104 valence electrons. The number of rotatable bonds is 2. The zero-order valence-corrected chi connectivity index (χ0v) is 12.2. The Morgan fingerprint density at radius 3 is 1.32 bits per heavy atom. The first-order chi connectivity index (χ1) is 10.9. The van der Waals surface area contributed by atoms with Crippen LogP contribution in [-0.2, 0) is 0 Å². The highest BCUT2D eigenvalue weighted by Crippen LogP contribution is 2.28. The van der Waals surface area contributed by atoms with Gasteiger partial charge in [-0.2, -0.15) is 0 Å². The van der Waals surface area contributed by atoms with Gasteiger partial charge in [-0.05, 0) is 44.9 Å². The Hall–Kier alpha value is -2.86. The van der Waals surface area contributed by atoms with E-state index in [-0.39, 0.29) is 0 Å². The topological polar surface area (TPSA) is 0 Å². The summed E-state index contributed by atoms with van der Waals surface area (Å²) in [6, 6.07) is 29.8. The smallest absolute Gasteiger partial charge is 0.00384 e. The summed E-state index contributed by atoms with van der Waals surface area (Å²) >= 11 is 0. The van der Waals surface area contributed by atoms with E-state index >= 15 is 0 Å². The molecule has 0 heterocycles. The predicted molar refractivity (Wildman–Crippen MR) is 93.5 cm³/mol. The van der Waals surface area contributed by atoms with Crippen molar-refractivity contribution in [2.45, 2.75) is 0 Å². The fourth-order valence-electron chi connectivity index (χ4n) is 3.00. The van der Waals surface area contributed by atoms with Crippen LogP contribution in [0.15, 0.2) is 90.5 Å². The predicted octanol–water partition coefficient (Wildman–Crippen LogP) is 3.76. The largest absolute Gasteiger partial charge is 0.0622 e. The minimum Gasteiger partial charge on any atom is -0.0622 e. The summed E-state index contributed by atoms with van der Waals surface area (Å²) in [6.45, 7) is 0. The minimum atomic E-state index is 1.25. The summed E-state index contributed by atoms with van der Waals surface area (Å²) in [6.07, 6.45) is 4.56. The van der Waals surface area contributed by atoms with Gasteiger partial charge in [0.05, 0.1) is 0 Å². The molecule has 0 saturated carbocycles. The van der Waals surface area contributed by atoms with Gasteiger partial charge in [0.15, 0.2) is 0 Å². The van der Waals surface area contributed by atoms with Crippen LogP contribution < -0.4 is 10.4 Å². The number of hydrogen-bond acceptors (Lipinski definition) is 0. The molecule has 0 saturated heterocycles. The molecule has 0 radical (unpaired) electrons. The van der Waals surface area contributed by atoms with Crippen molar-refractivity contribution in [1.29, 1.82) is 0 Å². The number of fused-ring (bicyclic) bond motifs is 1. The maximum absolute atomic E-state index is 2.28. The first-order valence-electron chi connectivity index (χ1n) is 7.55. The van der Waals surface area contributed by atoms with Gasteiger partial charge >= 0.3 is 0 Å². The normalized spacial score (nSPS) is 12.3. The number of allylic oxidation sites excluding steroid dienone is 1. The number of hydrogen-bond donors (Lipinski definition) is 0. The molecule has 4 rings (SSSR count). The summed E-state index contributed by atoms with van der Waals surface area (Å²) in [5, 5.41) is 2.59. The summed E-state index contributed by atoms with van der Waals surface area (Å²) < 4.78 is 0. The Balaban J connectivity index is 2.01. The van der Waals surface area contributed by atoms with E-state index in [1.165, 1.54) is 32.7 Å². The number of benzene rings is 3. The Kier molecular flexibility index (Phi) is 3.21. The highest BCUT2D eigenvalue weighted by Gasteiger charge is 2.10. The van der Waals surface area contributed by atoms with Crippen molar-refractivity contribution < 1.29 is 0 Å². The lowest BCUT2D eigenvalue weighted by Gasteiger charge is -2.10. The molecule has 0 aliphatic heterocycles. The Labute approximate surface area is 130 Å². The van der Waals surface area contributed by atoms with E-state index in [9.17, 15) is 0 Å². The minimum absolute atomic E-state index is 1.25. The lowest BCUT2D eigenvalue weighted by molar-refractivity contribution is 1.54. The van der Waals surface area contributed by atoms with Gasteiger partial charge in [0.1, 0.15) is 0 Å². The van der Waals surface area contributed by atoms with E-state index in [0.717, 1.165) is 0 Å². The molecule has 0 spiro atoms. The van der Waals surface area contributed by atoms with Crippen molar-refractivity contribution in [3.8, 4) is 0 Å². The van der Waals surface area contributed by atoms with E-state index < -0.39 is 0 Å². The van der Waals surface area contributed by atoms with Crippen molar-refractivity contribution in [3.05, 3.63) is 112 Å². The lowest BCUT2D eigenvalue weighted by atomic mass is 9.93. The van der Waals surface area contributed by atoms with Crippen molar-refractivity contribution in [3.63, 3.8) is 0 Å². The van der Waals surface area contributed by atoms with Crippen LogP contribution in [0.3, 0.4) is 0 Å². The molecule has 0 heteroatoms. The van der Waals surface area contributed by atoms with E-state index in [2.05, 4.69) is 97.1 Å². The molecule has 3 aromatic carbocycles. The molecule has 0 amide bonds. The molecule has 3 aromatic rings. The third kappa shape index (κ3) is 2.29. The average molecular weight is 280 g/mol. The van der Waals surface area contributed by atoms with Gasteiger partial charge in [0, 0.05) is 0 Å². The fraction of sp³-hybridized carbons (Fsp3) is 0. The van der Waals surface area contributed by atoms with Crippen molar-refractivity contribution >= 4 is 17.7 Å². The van der Waals surface area contributed by atoms with Crippen LogP contribution in [0, 0.1) is 0 Å². The van der Waals surface area contributed by atoms with Crippen molar-refractivity contribution in [2.75, 3.05) is 0 Å². The molecule has 1 aliphatic carbocycles. The second kappa shape index (κ2) is 5.50. The van der Waals surface area contributed by atoms with E-state index in [4.69, 9.17) is 0 Å². The van der Waals surface area contributed by atoms with Gasteiger partial charge in [-0.1, -0.05) is 84.9 Å². The lowest BCUT2D eigenvalue weighted by Crippen LogP contribution is -2.19. The third-order valence-corrected chi connectivity index (χ3v) is 4.03. The molecule has 0 N–H and O–H groups in total. The summed E-state index contributed by atoms with van der Waals surface area (Å²) in [5.41, 5.74) is 5.07.